The lowest BCUT2D eigenvalue weighted by Gasteiger charge is -2.14. The Morgan fingerprint density at radius 3 is 2.71 bits per heavy atom. The molecule has 0 atom stereocenters. The summed E-state index contributed by atoms with van der Waals surface area (Å²) >= 11 is 6.04. The highest BCUT2D eigenvalue weighted by molar-refractivity contribution is 6.33. The molecule has 0 amide bonds. The Hall–Kier alpha value is -1.71. The fourth-order valence-corrected chi connectivity index (χ4v) is 1.96. The molecule has 0 aromatic heterocycles. The molecule has 0 aliphatic heterocycles. The molecule has 1 aromatic carbocycles. The number of rotatable bonds is 4. The Bertz CT molecular complexity index is 506. The van der Waals surface area contributed by atoms with Gasteiger partial charge in [-0.05, 0) is 31.0 Å². The average molecular weight is 246 g/mol. The van der Waals surface area contributed by atoms with E-state index in [-0.39, 0.29) is 5.41 Å². The van der Waals surface area contributed by atoms with Crippen molar-refractivity contribution >= 4 is 17.3 Å². The minimum Gasteiger partial charge on any atom is -0.383 e. The first-order valence-electron chi connectivity index (χ1n) is 5.50. The van der Waals surface area contributed by atoms with Gasteiger partial charge < -0.3 is 5.32 Å². The summed E-state index contributed by atoms with van der Waals surface area (Å²) in [5.74, 6) is 0. The topological polar surface area (TPSA) is 59.6 Å². The van der Waals surface area contributed by atoms with Gasteiger partial charge in [0.25, 0.3) is 0 Å². The monoisotopic (exact) mass is 245 g/mol. The van der Waals surface area contributed by atoms with Gasteiger partial charge in [0.05, 0.1) is 28.4 Å². The fraction of sp³-hybridized carbons (Fsp3) is 0.385. The van der Waals surface area contributed by atoms with Crippen LogP contribution in [0.25, 0.3) is 0 Å². The highest BCUT2D eigenvalue weighted by Gasteiger charge is 2.42. The van der Waals surface area contributed by atoms with Crippen LogP contribution in [0.2, 0.25) is 5.02 Å². The van der Waals surface area contributed by atoms with Gasteiger partial charge in [-0.2, -0.15) is 10.5 Å². The van der Waals surface area contributed by atoms with Crippen molar-refractivity contribution in [1.29, 1.82) is 10.5 Å². The van der Waals surface area contributed by atoms with Crippen LogP contribution in [-0.2, 0) is 0 Å². The quantitative estimate of drug-likeness (QED) is 0.885. The predicted molar refractivity (Wildman–Crippen MR) is 66.6 cm³/mol. The summed E-state index contributed by atoms with van der Waals surface area (Å²) < 4.78 is 0. The highest BCUT2D eigenvalue weighted by atomic mass is 35.5. The highest BCUT2D eigenvalue weighted by Crippen LogP contribution is 2.48. The molecular weight excluding hydrogens is 234 g/mol. The van der Waals surface area contributed by atoms with Crippen molar-refractivity contribution < 1.29 is 0 Å². The molecule has 1 saturated carbocycles. The number of nitrogens with one attached hydrogen (secondary N) is 1. The predicted octanol–water partition coefficient (Wildman–Crippen LogP) is 3.32. The third kappa shape index (κ3) is 2.70. The van der Waals surface area contributed by atoms with E-state index in [1.165, 1.54) is 0 Å². The van der Waals surface area contributed by atoms with Gasteiger partial charge in [-0.25, -0.2) is 0 Å². The first-order chi connectivity index (χ1) is 8.19. The molecule has 1 N–H and O–H groups in total. The maximum atomic E-state index is 8.81. The molecule has 1 fully saturated rings. The Balaban J connectivity index is 2.05. The second-order valence-corrected chi connectivity index (χ2v) is 4.90. The van der Waals surface area contributed by atoms with E-state index in [0.717, 1.165) is 25.1 Å². The van der Waals surface area contributed by atoms with Gasteiger partial charge in [-0.15, -0.1) is 0 Å². The van der Waals surface area contributed by atoms with Crippen LogP contribution in [0.3, 0.4) is 0 Å². The van der Waals surface area contributed by atoms with E-state index in [4.69, 9.17) is 22.1 Å². The third-order valence-corrected chi connectivity index (χ3v) is 3.49. The SMILES string of the molecule is N#CCC1(CNc2cc(C#N)ccc2Cl)CC1. The molecular formula is C13H12ClN3. The molecule has 0 bridgehead atoms. The van der Waals surface area contributed by atoms with Gasteiger partial charge in [0.2, 0.25) is 0 Å². The first kappa shape index (κ1) is 11.8. The van der Waals surface area contributed by atoms with Crippen LogP contribution in [0.15, 0.2) is 18.2 Å². The normalized spacial score (nSPS) is 15.7. The van der Waals surface area contributed by atoms with Crippen molar-refractivity contribution in [1.82, 2.24) is 0 Å². The molecule has 2 rings (SSSR count). The Morgan fingerprint density at radius 1 is 1.35 bits per heavy atom. The number of halogens is 1. The zero-order valence-electron chi connectivity index (χ0n) is 9.33. The Kier molecular flexibility index (Phi) is 3.22. The van der Waals surface area contributed by atoms with Crippen LogP contribution in [0.1, 0.15) is 24.8 Å². The van der Waals surface area contributed by atoms with Gasteiger partial charge in [0.1, 0.15) is 0 Å². The van der Waals surface area contributed by atoms with Crippen LogP contribution in [-0.4, -0.2) is 6.54 Å². The van der Waals surface area contributed by atoms with Crippen molar-refractivity contribution in [2.24, 2.45) is 5.41 Å². The molecule has 17 heavy (non-hydrogen) atoms. The van der Waals surface area contributed by atoms with Crippen molar-refractivity contribution in [3.63, 3.8) is 0 Å². The molecule has 0 spiro atoms. The summed E-state index contributed by atoms with van der Waals surface area (Å²) in [7, 11) is 0. The number of anilines is 1. The number of nitrogens with zero attached hydrogens (tertiary/aromatic N) is 2. The molecule has 0 saturated heterocycles. The van der Waals surface area contributed by atoms with E-state index in [0.29, 0.717) is 17.0 Å². The molecule has 0 radical (unpaired) electrons. The molecule has 4 heteroatoms. The van der Waals surface area contributed by atoms with Crippen molar-refractivity contribution in [3.05, 3.63) is 28.8 Å². The number of nitriles is 2. The minimum atomic E-state index is 0.126. The van der Waals surface area contributed by atoms with Crippen LogP contribution in [0.4, 0.5) is 5.69 Å². The summed E-state index contributed by atoms with van der Waals surface area (Å²) in [5.41, 5.74) is 1.48. The molecule has 1 aromatic rings. The second kappa shape index (κ2) is 4.65. The molecule has 0 unspecified atom stereocenters. The fourth-order valence-electron chi connectivity index (χ4n) is 1.77. The molecule has 1 aliphatic rings. The smallest absolute Gasteiger partial charge is 0.0992 e. The van der Waals surface area contributed by atoms with Crippen molar-refractivity contribution in [2.45, 2.75) is 19.3 Å². The van der Waals surface area contributed by atoms with Crippen LogP contribution < -0.4 is 5.32 Å². The average Bonchev–Trinajstić information content (AvgIpc) is 3.09. The summed E-state index contributed by atoms with van der Waals surface area (Å²) in [6, 6.07) is 9.45. The number of hydrogen-bond donors (Lipinski definition) is 1. The van der Waals surface area contributed by atoms with E-state index in [1.54, 1.807) is 18.2 Å². The first-order valence-corrected chi connectivity index (χ1v) is 5.87. The van der Waals surface area contributed by atoms with Crippen LogP contribution >= 0.6 is 11.6 Å². The van der Waals surface area contributed by atoms with E-state index < -0.39 is 0 Å². The standard InChI is InChI=1S/C13H12ClN3/c14-11-2-1-10(8-16)7-12(11)17-9-13(3-4-13)5-6-15/h1-2,7,17H,3-5,9H2. The lowest BCUT2D eigenvalue weighted by molar-refractivity contribution is 0.557. The Labute approximate surface area is 106 Å². The molecule has 3 nitrogen and oxygen atoms in total. The van der Waals surface area contributed by atoms with Crippen LogP contribution in [0, 0.1) is 28.1 Å². The summed E-state index contributed by atoms with van der Waals surface area (Å²) in [5, 5.41) is 21.4. The number of hydrogen-bond acceptors (Lipinski definition) is 3. The van der Waals surface area contributed by atoms with E-state index >= 15 is 0 Å². The third-order valence-electron chi connectivity index (χ3n) is 3.16. The summed E-state index contributed by atoms with van der Waals surface area (Å²) in [4.78, 5) is 0. The largest absolute Gasteiger partial charge is 0.383 e. The van der Waals surface area contributed by atoms with Gasteiger partial charge in [0.15, 0.2) is 0 Å². The minimum absolute atomic E-state index is 0.126. The molecule has 0 heterocycles. The maximum absolute atomic E-state index is 8.81. The van der Waals surface area contributed by atoms with Gasteiger partial charge >= 0.3 is 0 Å². The van der Waals surface area contributed by atoms with E-state index in [9.17, 15) is 0 Å². The molecule has 1 aliphatic carbocycles. The van der Waals surface area contributed by atoms with Gasteiger partial charge in [-0.3, -0.25) is 0 Å². The maximum Gasteiger partial charge on any atom is 0.0992 e. The molecule has 86 valence electrons. The summed E-state index contributed by atoms with van der Waals surface area (Å²) in [6.07, 6.45) is 2.75. The lowest BCUT2D eigenvalue weighted by atomic mass is 10.0. The zero-order chi connectivity index (χ0) is 12.3. The van der Waals surface area contributed by atoms with E-state index in [2.05, 4.69) is 17.5 Å². The second-order valence-electron chi connectivity index (χ2n) is 4.49. The zero-order valence-corrected chi connectivity index (χ0v) is 10.1. The van der Waals surface area contributed by atoms with Crippen molar-refractivity contribution in [2.75, 3.05) is 11.9 Å². The lowest BCUT2D eigenvalue weighted by Crippen LogP contribution is -2.15. The van der Waals surface area contributed by atoms with E-state index in [1.807, 2.05) is 0 Å². The van der Waals surface area contributed by atoms with Gasteiger partial charge in [-0.1, -0.05) is 11.6 Å². The van der Waals surface area contributed by atoms with Crippen molar-refractivity contribution in [3.8, 4) is 12.1 Å². The van der Waals surface area contributed by atoms with Gasteiger partial charge in [0, 0.05) is 18.4 Å². The number of benzene rings is 1. The Morgan fingerprint density at radius 2 is 2.12 bits per heavy atom. The summed E-state index contributed by atoms with van der Waals surface area (Å²) in [6.45, 7) is 0.745. The van der Waals surface area contributed by atoms with Crippen LogP contribution in [0.5, 0.6) is 0 Å².